The van der Waals surface area contributed by atoms with Crippen molar-refractivity contribution in [2.24, 2.45) is 0 Å². The first kappa shape index (κ1) is 11.6. The Hall–Kier alpha value is -0.460. The van der Waals surface area contributed by atoms with Crippen molar-refractivity contribution in [3.8, 4) is 0 Å². The molecule has 0 atom stereocenters. The second-order valence-corrected chi connectivity index (χ2v) is 4.83. The Morgan fingerprint density at radius 2 is 2.00 bits per heavy atom. The van der Waals surface area contributed by atoms with E-state index in [-0.39, 0.29) is 4.90 Å². The third-order valence-electron chi connectivity index (χ3n) is 1.42. The summed E-state index contributed by atoms with van der Waals surface area (Å²) in [5.74, 6) is 0. The molecule has 1 rings (SSSR count). The van der Waals surface area contributed by atoms with Crippen LogP contribution in [0.1, 0.15) is 0 Å². The molecule has 1 aromatic carbocycles. The molecule has 0 radical (unpaired) electrons. The van der Waals surface area contributed by atoms with Gasteiger partial charge in [0.05, 0.1) is 6.61 Å². The fourth-order valence-corrected chi connectivity index (χ4v) is 2.69. The minimum absolute atomic E-state index is 0.00782. The molecule has 0 bridgehead atoms. The summed E-state index contributed by atoms with van der Waals surface area (Å²) in [6, 6.07) is 6.21. The first-order valence-corrected chi connectivity index (χ1v) is 5.98. The molecular formula is C8H8BrFO3S. The highest BCUT2D eigenvalue weighted by Gasteiger charge is 2.17. The van der Waals surface area contributed by atoms with E-state index >= 15 is 0 Å². The molecule has 14 heavy (non-hydrogen) atoms. The van der Waals surface area contributed by atoms with E-state index in [1.165, 1.54) is 6.07 Å². The molecule has 6 heteroatoms. The maximum atomic E-state index is 11.7. The highest BCUT2D eigenvalue weighted by Crippen LogP contribution is 2.22. The van der Waals surface area contributed by atoms with Crippen LogP contribution in [0, 0.1) is 0 Å². The predicted molar refractivity (Wildman–Crippen MR) is 53.3 cm³/mol. The Kier molecular flexibility index (Phi) is 4.03. The topological polar surface area (TPSA) is 43.4 Å². The van der Waals surface area contributed by atoms with Crippen LogP contribution < -0.4 is 0 Å². The van der Waals surface area contributed by atoms with Gasteiger partial charge < -0.3 is 0 Å². The number of benzene rings is 1. The van der Waals surface area contributed by atoms with Crippen molar-refractivity contribution >= 4 is 26.0 Å². The van der Waals surface area contributed by atoms with E-state index < -0.39 is 23.4 Å². The van der Waals surface area contributed by atoms with Crippen molar-refractivity contribution in [3.63, 3.8) is 0 Å². The lowest BCUT2D eigenvalue weighted by Crippen LogP contribution is -2.09. The van der Waals surface area contributed by atoms with Crippen LogP contribution in [0.15, 0.2) is 33.6 Å². The van der Waals surface area contributed by atoms with E-state index in [0.29, 0.717) is 4.47 Å². The summed E-state index contributed by atoms with van der Waals surface area (Å²) < 4.78 is 39.3. The van der Waals surface area contributed by atoms with Gasteiger partial charge in [0.25, 0.3) is 10.1 Å². The van der Waals surface area contributed by atoms with Crippen LogP contribution >= 0.6 is 15.9 Å². The molecule has 1 aromatic rings. The third-order valence-corrected chi connectivity index (χ3v) is 3.75. The summed E-state index contributed by atoms with van der Waals surface area (Å²) in [6.07, 6.45) is 0. The van der Waals surface area contributed by atoms with Crippen LogP contribution in [0.25, 0.3) is 0 Å². The van der Waals surface area contributed by atoms with Gasteiger partial charge in [-0.3, -0.25) is 4.18 Å². The molecule has 0 unspecified atom stereocenters. The zero-order valence-corrected chi connectivity index (χ0v) is 9.52. The molecule has 78 valence electrons. The van der Waals surface area contributed by atoms with E-state index in [9.17, 15) is 12.8 Å². The van der Waals surface area contributed by atoms with Crippen LogP contribution in [0.3, 0.4) is 0 Å². The first-order chi connectivity index (χ1) is 6.58. The number of hydrogen-bond donors (Lipinski definition) is 0. The Bertz CT molecular complexity index is 405. The molecular weight excluding hydrogens is 275 g/mol. The quantitative estimate of drug-likeness (QED) is 0.795. The summed E-state index contributed by atoms with van der Waals surface area (Å²) in [5.41, 5.74) is 0. The molecule has 0 aromatic heterocycles. The lowest BCUT2D eigenvalue weighted by Gasteiger charge is -2.04. The van der Waals surface area contributed by atoms with E-state index in [1.807, 2.05) is 0 Å². The number of rotatable bonds is 4. The predicted octanol–water partition coefficient (Wildman–Crippen LogP) is 2.12. The molecule has 0 N–H and O–H groups in total. The Morgan fingerprint density at radius 3 is 2.57 bits per heavy atom. The van der Waals surface area contributed by atoms with Gasteiger partial charge in [0.1, 0.15) is 11.6 Å². The molecule has 0 aliphatic carbocycles. The zero-order chi connectivity index (χ0) is 10.6. The maximum absolute atomic E-state index is 11.7. The second kappa shape index (κ2) is 4.86. The van der Waals surface area contributed by atoms with Gasteiger partial charge in [-0.05, 0) is 28.1 Å². The summed E-state index contributed by atoms with van der Waals surface area (Å²) in [6.45, 7) is -1.28. The van der Waals surface area contributed by atoms with E-state index in [4.69, 9.17) is 0 Å². The molecule has 0 spiro atoms. The second-order valence-electron chi connectivity index (χ2n) is 2.40. The van der Waals surface area contributed by atoms with Crippen molar-refractivity contribution < 1.29 is 17.0 Å². The normalized spacial score (nSPS) is 11.6. The van der Waals surface area contributed by atoms with Gasteiger partial charge in [-0.1, -0.05) is 12.1 Å². The fourth-order valence-electron chi connectivity index (χ4n) is 0.852. The Morgan fingerprint density at radius 1 is 1.36 bits per heavy atom. The minimum atomic E-state index is -3.84. The summed E-state index contributed by atoms with van der Waals surface area (Å²) >= 11 is 3.07. The van der Waals surface area contributed by atoms with Gasteiger partial charge in [-0.2, -0.15) is 8.42 Å². The first-order valence-electron chi connectivity index (χ1n) is 3.78. The number of halogens is 2. The molecule has 0 fully saturated rings. The lowest BCUT2D eigenvalue weighted by molar-refractivity contribution is 0.276. The highest BCUT2D eigenvalue weighted by molar-refractivity contribution is 9.10. The highest BCUT2D eigenvalue weighted by atomic mass is 79.9. The fraction of sp³-hybridized carbons (Fsp3) is 0.250. The van der Waals surface area contributed by atoms with Gasteiger partial charge in [0.15, 0.2) is 0 Å². The minimum Gasteiger partial charge on any atom is -0.264 e. The summed E-state index contributed by atoms with van der Waals surface area (Å²) in [4.78, 5) is 0.00782. The molecule has 0 aliphatic heterocycles. The van der Waals surface area contributed by atoms with Gasteiger partial charge in [-0.15, -0.1) is 0 Å². The standard InChI is InChI=1S/C8H8BrFO3S/c9-7-3-1-2-4-8(7)14(11,12)13-6-5-10/h1-4H,5-6H2. The molecule has 0 saturated heterocycles. The van der Waals surface area contributed by atoms with Crippen molar-refractivity contribution in [1.82, 2.24) is 0 Å². The SMILES string of the molecule is O=S(=O)(OCCF)c1ccccc1Br. The van der Waals surface area contributed by atoms with E-state index in [0.717, 1.165) is 0 Å². The average Bonchev–Trinajstić information content (AvgIpc) is 2.15. The van der Waals surface area contributed by atoms with Crippen molar-refractivity contribution in [2.45, 2.75) is 4.90 Å². The molecule has 0 amide bonds. The third kappa shape index (κ3) is 2.76. The molecule has 0 heterocycles. The number of alkyl halides is 1. The van der Waals surface area contributed by atoms with Gasteiger partial charge in [0.2, 0.25) is 0 Å². The molecule has 3 nitrogen and oxygen atoms in total. The van der Waals surface area contributed by atoms with E-state index in [2.05, 4.69) is 20.1 Å². The molecule has 0 saturated carbocycles. The largest absolute Gasteiger partial charge is 0.298 e. The smallest absolute Gasteiger partial charge is 0.264 e. The van der Waals surface area contributed by atoms with Crippen LogP contribution in [-0.2, 0) is 14.3 Å². The Labute approximate surface area is 90.1 Å². The average molecular weight is 283 g/mol. The number of hydrogen-bond acceptors (Lipinski definition) is 3. The van der Waals surface area contributed by atoms with Crippen molar-refractivity contribution in [2.75, 3.05) is 13.3 Å². The summed E-state index contributed by atoms with van der Waals surface area (Å²) in [5, 5.41) is 0. The van der Waals surface area contributed by atoms with Crippen LogP contribution in [0.5, 0.6) is 0 Å². The van der Waals surface area contributed by atoms with Crippen LogP contribution in [0.4, 0.5) is 4.39 Å². The van der Waals surface area contributed by atoms with Crippen LogP contribution in [-0.4, -0.2) is 21.7 Å². The zero-order valence-electron chi connectivity index (χ0n) is 7.11. The lowest BCUT2D eigenvalue weighted by atomic mass is 10.4. The van der Waals surface area contributed by atoms with Gasteiger partial charge in [-0.25, -0.2) is 4.39 Å². The van der Waals surface area contributed by atoms with Gasteiger partial charge in [0, 0.05) is 4.47 Å². The molecule has 0 aliphatic rings. The van der Waals surface area contributed by atoms with E-state index in [1.54, 1.807) is 18.2 Å². The maximum Gasteiger partial charge on any atom is 0.298 e. The monoisotopic (exact) mass is 282 g/mol. The van der Waals surface area contributed by atoms with Crippen LogP contribution in [0.2, 0.25) is 0 Å². The Balaban J connectivity index is 2.99. The van der Waals surface area contributed by atoms with Gasteiger partial charge >= 0.3 is 0 Å². The van der Waals surface area contributed by atoms with Crippen molar-refractivity contribution in [1.29, 1.82) is 0 Å². The van der Waals surface area contributed by atoms with Crippen molar-refractivity contribution in [3.05, 3.63) is 28.7 Å². The summed E-state index contributed by atoms with van der Waals surface area (Å²) in [7, 11) is -3.84.